The van der Waals surface area contributed by atoms with Gasteiger partial charge in [-0.05, 0) is 43.2 Å². The Morgan fingerprint density at radius 1 is 1.06 bits per heavy atom. The van der Waals surface area contributed by atoms with Crippen LogP contribution in [0.4, 0.5) is 17.5 Å². The maximum absolute atomic E-state index is 12.6. The summed E-state index contributed by atoms with van der Waals surface area (Å²) in [4.78, 5) is 49.0. The highest BCUT2D eigenvalue weighted by molar-refractivity contribution is 6.07. The molecule has 3 amide bonds. The molecular weight excluding hydrogens is 448 g/mol. The van der Waals surface area contributed by atoms with E-state index in [-0.39, 0.29) is 42.2 Å². The minimum absolute atomic E-state index is 0.0511. The largest absolute Gasteiger partial charge is 0.494 e. The number of carbonyl (C=O) groups is 3. The van der Waals surface area contributed by atoms with Crippen LogP contribution < -0.4 is 20.7 Å². The van der Waals surface area contributed by atoms with Crippen LogP contribution in [0.25, 0.3) is 0 Å². The van der Waals surface area contributed by atoms with Crippen molar-refractivity contribution in [3.05, 3.63) is 71.9 Å². The fourth-order valence-electron chi connectivity index (χ4n) is 3.68. The SMILES string of the molecule is CCOc1ccc(NC(=O)c2cnc(N3CC(=O)N(CCc4ccccc4)C(=O)C3)nc2N)cc1. The Hall–Kier alpha value is -4.47. The zero-order valence-electron chi connectivity index (χ0n) is 19.3. The minimum Gasteiger partial charge on any atom is -0.494 e. The van der Waals surface area contributed by atoms with Gasteiger partial charge in [-0.15, -0.1) is 0 Å². The highest BCUT2D eigenvalue weighted by Crippen LogP contribution is 2.20. The number of nitrogen functional groups attached to an aromatic ring is 1. The van der Waals surface area contributed by atoms with Crippen molar-refractivity contribution in [1.82, 2.24) is 14.9 Å². The molecule has 1 saturated heterocycles. The van der Waals surface area contributed by atoms with Gasteiger partial charge < -0.3 is 20.7 Å². The first-order valence-corrected chi connectivity index (χ1v) is 11.2. The van der Waals surface area contributed by atoms with Crippen LogP contribution in [0.3, 0.4) is 0 Å². The number of nitrogens with one attached hydrogen (secondary N) is 1. The molecule has 10 heteroatoms. The summed E-state index contributed by atoms with van der Waals surface area (Å²) in [6.07, 6.45) is 1.87. The van der Waals surface area contributed by atoms with E-state index in [9.17, 15) is 14.4 Å². The Morgan fingerprint density at radius 3 is 2.37 bits per heavy atom. The van der Waals surface area contributed by atoms with Gasteiger partial charge in [0.25, 0.3) is 5.91 Å². The molecule has 3 aromatic rings. The van der Waals surface area contributed by atoms with Gasteiger partial charge in [-0.3, -0.25) is 19.3 Å². The number of imide groups is 1. The molecule has 3 N–H and O–H groups in total. The van der Waals surface area contributed by atoms with E-state index >= 15 is 0 Å². The number of nitrogens with two attached hydrogens (primary N) is 1. The number of carbonyl (C=O) groups excluding carboxylic acids is 3. The molecule has 0 aliphatic carbocycles. The van der Waals surface area contributed by atoms with Crippen molar-refractivity contribution in [2.24, 2.45) is 0 Å². The van der Waals surface area contributed by atoms with Crippen LogP contribution in [0, 0.1) is 0 Å². The molecule has 2 heterocycles. The van der Waals surface area contributed by atoms with Crippen LogP contribution in [0.1, 0.15) is 22.8 Å². The molecule has 10 nitrogen and oxygen atoms in total. The van der Waals surface area contributed by atoms with Crippen LogP contribution in [0.5, 0.6) is 5.75 Å². The van der Waals surface area contributed by atoms with Crippen molar-refractivity contribution in [3.8, 4) is 5.75 Å². The molecule has 1 aromatic heterocycles. The number of nitrogens with zero attached hydrogens (tertiary/aromatic N) is 4. The van der Waals surface area contributed by atoms with Gasteiger partial charge in [-0.2, -0.15) is 4.98 Å². The van der Waals surface area contributed by atoms with Crippen molar-refractivity contribution < 1.29 is 19.1 Å². The van der Waals surface area contributed by atoms with Crippen molar-refractivity contribution in [2.45, 2.75) is 13.3 Å². The van der Waals surface area contributed by atoms with E-state index in [1.165, 1.54) is 16.0 Å². The Balaban J connectivity index is 1.38. The van der Waals surface area contributed by atoms with Crippen molar-refractivity contribution in [1.29, 1.82) is 0 Å². The third-order valence-corrected chi connectivity index (χ3v) is 5.48. The van der Waals surface area contributed by atoms with E-state index in [0.717, 1.165) is 5.56 Å². The molecule has 0 atom stereocenters. The average molecular weight is 475 g/mol. The molecule has 0 saturated carbocycles. The predicted octanol–water partition coefficient (Wildman–Crippen LogP) is 2.13. The molecule has 0 unspecified atom stereocenters. The van der Waals surface area contributed by atoms with Crippen molar-refractivity contribution >= 4 is 35.2 Å². The third-order valence-electron chi connectivity index (χ3n) is 5.48. The van der Waals surface area contributed by atoms with Gasteiger partial charge in [0, 0.05) is 18.4 Å². The van der Waals surface area contributed by atoms with Crippen molar-refractivity contribution in [2.75, 3.05) is 42.2 Å². The second-order valence-corrected chi connectivity index (χ2v) is 7.91. The topological polar surface area (TPSA) is 131 Å². The lowest BCUT2D eigenvalue weighted by atomic mass is 10.1. The van der Waals surface area contributed by atoms with Gasteiger partial charge in [0.2, 0.25) is 17.8 Å². The van der Waals surface area contributed by atoms with Crippen LogP contribution in [0.2, 0.25) is 0 Å². The summed E-state index contributed by atoms with van der Waals surface area (Å²) in [6.45, 7) is 2.63. The summed E-state index contributed by atoms with van der Waals surface area (Å²) >= 11 is 0. The van der Waals surface area contributed by atoms with E-state index < -0.39 is 5.91 Å². The maximum Gasteiger partial charge on any atom is 0.260 e. The normalized spacial score (nSPS) is 13.6. The van der Waals surface area contributed by atoms with Crippen LogP contribution in [-0.2, 0) is 16.0 Å². The molecule has 0 radical (unpaired) electrons. The highest BCUT2D eigenvalue weighted by Gasteiger charge is 2.32. The van der Waals surface area contributed by atoms with E-state index in [2.05, 4.69) is 15.3 Å². The monoisotopic (exact) mass is 474 g/mol. The Labute approximate surface area is 202 Å². The maximum atomic E-state index is 12.6. The summed E-state index contributed by atoms with van der Waals surface area (Å²) < 4.78 is 5.39. The molecule has 1 fully saturated rings. The molecular formula is C25H26N6O4. The number of amides is 3. The first-order valence-electron chi connectivity index (χ1n) is 11.2. The van der Waals surface area contributed by atoms with Crippen LogP contribution >= 0.6 is 0 Å². The number of benzene rings is 2. The summed E-state index contributed by atoms with van der Waals surface area (Å²) in [5, 5.41) is 2.73. The molecule has 35 heavy (non-hydrogen) atoms. The van der Waals surface area contributed by atoms with Gasteiger partial charge in [0.15, 0.2) is 0 Å². The molecule has 0 spiro atoms. The molecule has 0 bridgehead atoms. The summed E-state index contributed by atoms with van der Waals surface area (Å²) in [5.41, 5.74) is 7.71. The Morgan fingerprint density at radius 2 is 1.74 bits per heavy atom. The lowest BCUT2D eigenvalue weighted by Gasteiger charge is -2.32. The van der Waals surface area contributed by atoms with E-state index in [0.29, 0.717) is 31.0 Å². The quantitative estimate of drug-likeness (QED) is 0.475. The third kappa shape index (κ3) is 5.72. The number of hydrogen-bond acceptors (Lipinski definition) is 8. The molecule has 1 aliphatic heterocycles. The first-order chi connectivity index (χ1) is 16.9. The highest BCUT2D eigenvalue weighted by atomic mass is 16.5. The molecule has 2 aromatic carbocycles. The number of ether oxygens (including phenoxy) is 1. The minimum atomic E-state index is -0.476. The lowest BCUT2D eigenvalue weighted by Crippen LogP contribution is -2.55. The Bertz CT molecular complexity index is 1200. The smallest absolute Gasteiger partial charge is 0.260 e. The van der Waals surface area contributed by atoms with Gasteiger partial charge in [-0.25, -0.2) is 4.98 Å². The molecule has 1 aliphatic rings. The van der Waals surface area contributed by atoms with Gasteiger partial charge in [-0.1, -0.05) is 30.3 Å². The fraction of sp³-hybridized carbons (Fsp3) is 0.240. The summed E-state index contributed by atoms with van der Waals surface area (Å²) in [5.74, 6) is -0.388. The predicted molar refractivity (Wildman–Crippen MR) is 131 cm³/mol. The van der Waals surface area contributed by atoms with Crippen molar-refractivity contribution in [3.63, 3.8) is 0 Å². The van der Waals surface area contributed by atoms with E-state index in [1.807, 2.05) is 37.3 Å². The Kier molecular flexibility index (Phi) is 7.20. The van der Waals surface area contributed by atoms with Gasteiger partial charge in [0.05, 0.1) is 6.61 Å². The zero-order chi connectivity index (χ0) is 24.8. The number of piperazine rings is 1. The van der Waals surface area contributed by atoms with Crippen LogP contribution in [-0.4, -0.2) is 58.8 Å². The van der Waals surface area contributed by atoms with E-state index in [4.69, 9.17) is 10.5 Å². The lowest BCUT2D eigenvalue weighted by molar-refractivity contribution is -0.145. The van der Waals surface area contributed by atoms with Gasteiger partial charge >= 0.3 is 0 Å². The average Bonchev–Trinajstić information content (AvgIpc) is 2.85. The standard InChI is InChI=1S/C25H26N6O4/c1-2-35-19-10-8-18(9-11-19)28-24(34)20-14-27-25(29-23(20)26)30-15-21(32)31(22(33)16-30)13-12-17-6-4-3-5-7-17/h3-11,14H,2,12-13,15-16H2,1H3,(H,28,34)(H2,26,27,29). The zero-order valence-corrected chi connectivity index (χ0v) is 19.3. The summed E-state index contributed by atoms with van der Waals surface area (Å²) in [7, 11) is 0. The molecule has 180 valence electrons. The number of rotatable bonds is 8. The number of hydrogen-bond donors (Lipinski definition) is 2. The van der Waals surface area contributed by atoms with Gasteiger partial charge in [0.1, 0.15) is 30.2 Å². The number of aromatic nitrogens is 2. The summed E-state index contributed by atoms with van der Waals surface area (Å²) in [6, 6.07) is 16.6. The van der Waals surface area contributed by atoms with Crippen LogP contribution in [0.15, 0.2) is 60.8 Å². The second-order valence-electron chi connectivity index (χ2n) is 7.91. The first kappa shape index (κ1) is 23.7. The number of anilines is 3. The second kappa shape index (κ2) is 10.6. The molecule has 4 rings (SSSR count). The fourth-order valence-corrected chi connectivity index (χ4v) is 3.68. The van der Waals surface area contributed by atoms with E-state index in [1.54, 1.807) is 24.3 Å².